The van der Waals surface area contributed by atoms with Crippen molar-refractivity contribution in [1.29, 1.82) is 0 Å². The average Bonchev–Trinajstić information content (AvgIpc) is 3.35. The van der Waals surface area contributed by atoms with Crippen LogP contribution in [0.25, 0.3) is 0 Å². The Bertz CT molecular complexity index is 839. The molecule has 33 heavy (non-hydrogen) atoms. The molecule has 0 bridgehead atoms. The van der Waals surface area contributed by atoms with E-state index in [2.05, 4.69) is 10.6 Å². The number of aliphatic hydroxyl groups excluding tert-OH is 1. The molecule has 0 saturated heterocycles. The van der Waals surface area contributed by atoms with E-state index in [1.54, 1.807) is 18.2 Å². The average molecular weight is 459 g/mol. The van der Waals surface area contributed by atoms with Gasteiger partial charge in [0, 0.05) is 19.6 Å². The van der Waals surface area contributed by atoms with Crippen molar-refractivity contribution in [3.8, 4) is 17.2 Å². The molecule has 8 heteroatoms. The maximum absolute atomic E-state index is 12.0. The third-order valence-corrected chi connectivity index (χ3v) is 5.39. The van der Waals surface area contributed by atoms with Crippen LogP contribution in [0, 0.1) is 0 Å². The fourth-order valence-corrected chi connectivity index (χ4v) is 3.61. The van der Waals surface area contributed by atoms with Crippen molar-refractivity contribution in [2.75, 3.05) is 39.5 Å². The summed E-state index contributed by atoms with van der Waals surface area (Å²) in [4.78, 5) is 12.0. The molecule has 1 amide bonds. The SMILES string of the molecule is O=C(NCCNCC(O)COc1ccc(OCCOC2CCCC2)cc1)c1ccccc1O. The summed E-state index contributed by atoms with van der Waals surface area (Å²) < 4.78 is 17.1. The molecule has 1 aliphatic carbocycles. The van der Waals surface area contributed by atoms with E-state index in [0.29, 0.717) is 44.7 Å². The van der Waals surface area contributed by atoms with Gasteiger partial charge in [0.1, 0.15) is 36.6 Å². The highest BCUT2D eigenvalue weighted by Gasteiger charge is 2.14. The Morgan fingerprint density at radius 3 is 2.39 bits per heavy atom. The normalized spacial score (nSPS) is 14.7. The fraction of sp³-hybridized carbons (Fsp3) is 0.480. The third kappa shape index (κ3) is 8.92. The molecule has 180 valence electrons. The molecule has 1 atom stereocenters. The highest BCUT2D eigenvalue weighted by Crippen LogP contribution is 2.21. The van der Waals surface area contributed by atoms with Crippen molar-refractivity contribution in [1.82, 2.24) is 10.6 Å². The zero-order chi connectivity index (χ0) is 23.3. The lowest BCUT2D eigenvalue weighted by atomic mass is 10.2. The molecule has 1 unspecified atom stereocenters. The van der Waals surface area contributed by atoms with E-state index < -0.39 is 6.10 Å². The number of amides is 1. The molecule has 2 aromatic rings. The molecular weight excluding hydrogens is 424 g/mol. The second-order valence-corrected chi connectivity index (χ2v) is 8.04. The predicted octanol–water partition coefficient (Wildman–Crippen LogP) is 2.49. The number of para-hydroxylation sites is 1. The maximum atomic E-state index is 12.0. The lowest BCUT2D eigenvalue weighted by molar-refractivity contribution is 0.0382. The minimum Gasteiger partial charge on any atom is -0.507 e. The Morgan fingerprint density at radius 2 is 1.67 bits per heavy atom. The number of carbonyl (C=O) groups excluding carboxylic acids is 1. The van der Waals surface area contributed by atoms with Gasteiger partial charge >= 0.3 is 0 Å². The van der Waals surface area contributed by atoms with E-state index >= 15 is 0 Å². The first-order valence-corrected chi connectivity index (χ1v) is 11.5. The second-order valence-electron chi connectivity index (χ2n) is 8.04. The summed E-state index contributed by atoms with van der Waals surface area (Å²) in [5, 5.41) is 25.5. The number of ether oxygens (including phenoxy) is 3. The standard InChI is InChI=1S/C25H34N2O6/c28-19(17-26-13-14-27-25(30)23-7-3-4-8-24(23)29)18-33-22-11-9-21(10-12-22)32-16-15-31-20-5-1-2-6-20/h3-4,7-12,19-20,26,28-29H,1-2,5-6,13-18H2,(H,27,30). The van der Waals surface area contributed by atoms with Gasteiger partial charge in [-0.05, 0) is 49.2 Å². The summed E-state index contributed by atoms with van der Waals surface area (Å²) in [5.41, 5.74) is 0.236. The van der Waals surface area contributed by atoms with Crippen molar-refractivity contribution in [3.05, 3.63) is 54.1 Å². The van der Waals surface area contributed by atoms with Gasteiger partial charge in [0.05, 0.1) is 18.3 Å². The number of phenolic OH excluding ortho intramolecular Hbond substituents is 1. The molecule has 1 fully saturated rings. The van der Waals surface area contributed by atoms with Gasteiger partial charge in [-0.25, -0.2) is 0 Å². The quantitative estimate of drug-likeness (QED) is 0.322. The van der Waals surface area contributed by atoms with E-state index in [-0.39, 0.29) is 23.8 Å². The minimum atomic E-state index is -0.692. The predicted molar refractivity (Wildman–Crippen MR) is 125 cm³/mol. The van der Waals surface area contributed by atoms with Crippen molar-refractivity contribution < 1.29 is 29.2 Å². The summed E-state index contributed by atoms with van der Waals surface area (Å²) in [6.45, 7) is 2.44. The Morgan fingerprint density at radius 1 is 0.970 bits per heavy atom. The van der Waals surface area contributed by atoms with Crippen LogP contribution in [-0.4, -0.2) is 67.8 Å². The Balaban J connectivity index is 1.22. The molecule has 3 rings (SSSR count). The number of benzene rings is 2. The number of aromatic hydroxyl groups is 1. The summed E-state index contributed by atoms with van der Waals surface area (Å²) in [7, 11) is 0. The van der Waals surface area contributed by atoms with Crippen molar-refractivity contribution in [2.45, 2.75) is 37.9 Å². The van der Waals surface area contributed by atoms with Crippen molar-refractivity contribution >= 4 is 5.91 Å². The van der Waals surface area contributed by atoms with Gasteiger partial charge in [-0.15, -0.1) is 0 Å². The fourth-order valence-electron chi connectivity index (χ4n) is 3.61. The van der Waals surface area contributed by atoms with Gasteiger partial charge in [-0.1, -0.05) is 25.0 Å². The molecule has 0 aromatic heterocycles. The smallest absolute Gasteiger partial charge is 0.255 e. The first-order valence-electron chi connectivity index (χ1n) is 11.5. The van der Waals surface area contributed by atoms with Gasteiger partial charge in [-0.3, -0.25) is 4.79 Å². The third-order valence-electron chi connectivity index (χ3n) is 5.39. The Labute approximate surface area is 194 Å². The lowest BCUT2D eigenvalue weighted by Crippen LogP contribution is -2.37. The molecule has 1 saturated carbocycles. The van der Waals surface area contributed by atoms with E-state index in [4.69, 9.17) is 14.2 Å². The van der Waals surface area contributed by atoms with Gasteiger partial charge in [0.2, 0.25) is 0 Å². The summed E-state index contributed by atoms with van der Waals surface area (Å²) in [6.07, 6.45) is 4.54. The molecule has 1 aliphatic rings. The van der Waals surface area contributed by atoms with Crippen LogP contribution in [0.5, 0.6) is 17.2 Å². The molecule has 0 spiro atoms. The molecule has 8 nitrogen and oxygen atoms in total. The number of aliphatic hydroxyl groups is 1. The summed E-state index contributed by atoms with van der Waals surface area (Å²) in [6, 6.07) is 13.7. The van der Waals surface area contributed by atoms with Crippen LogP contribution >= 0.6 is 0 Å². The summed E-state index contributed by atoms with van der Waals surface area (Å²) >= 11 is 0. The van der Waals surface area contributed by atoms with Gasteiger partial charge < -0.3 is 35.1 Å². The highest BCUT2D eigenvalue weighted by molar-refractivity contribution is 5.96. The van der Waals surface area contributed by atoms with Crippen LogP contribution in [0.3, 0.4) is 0 Å². The molecule has 0 radical (unpaired) electrons. The molecular formula is C25H34N2O6. The topological polar surface area (TPSA) is 109 Å². The Kier molecular flexibility index (Phi) is 10.3. The van der Waals surface area contributed by atoms with Crippen molar-refractivity contribution in [3.63, 3.8) is 0 Å². The van der Waals surface area contributed by atoms with Crippen molar-refractivity contribution in [2.24, 2.45) is 0 Å². The van der Waals surface area contributed by atoms with Gasteiger partial charge in [-0.2, -0.15) is 0 Å². The Hall–Kier alpha value is -2.81. The monoisotopic (exact) mass is 458 g/mol. The molecule has 4 N–H and O–H groups in total. The van der Waals surface area contributed by atoms with E-state index in [1.165, 1.54) is 18.9 Å². The maximum Gasteiger partial charge on any atom is 0.255 e. The number of carbonyl (C=O) groups is 1. The van der Waals surface area contributed by atoms with Crippen LogP contribution in [0.2, 0.25) is 0 Å². The molecule has 0 aliphatic heterocycles. The summed E-state index contributed by atoms with van der Waals surface area (Å²) in [5.74, 6) is 1.01. The van der Waals surface area contributed by atoms with Crippen LogP contribution in [-0.2, 0) is 4.74 Å². The van der Waals surface area contributed by atoms with E-state index in [1.807, 2.05) is 24.3 Å². The van der Waals surface area contributed by atoms with Crippen LogP contribution in [0.4, 0.5) is 0 Å². The molecule has 0 heterocycles. The second kappa shape index (κ2) is 13.7. The first kappa shape index (κ1) is 24.8. The number of hydrogen-bond donors (Lipinski definition) is 4. The number of nitrogens with one attached hydrogen (secondary N) is 2. The van der Waals surface area contributed by atoms with Crippen LogP contribution in [0.15, 0.2) is 48.5 Å². The largest absolute Gasteiger partial charge is 0.507 e. The number of hydrogen-bond acceptors (Lipinski definition) is 7. The van der Waals surface area contributed by atoms with Gasteiger partial charge in [0.15, 0.2) is 0 Å². The van der Waals surface area contributed by atoms with Gasteiger partial charge in [0.25, 0.3) is 5.91 Å². The molecule has 2 aromatic carbocycles. The zero-order valence-electron chi connectivity index (χ0n) is 18.9. The zero-order valence-corrected chi connectivity index (χ0v) is 18.9. The van der Waals surface area contributed by atoms with E-state index in [9.17, 15) is 15.0 Å². The number of phenols is 1. The number of rotatable bonds is 14. The highest BCUT2D eigenvalue weighted by atomic mass is 16.5. The van der Waals surface area contributed by atoms with E-state index in [0.717, 1.165) is 18.6 Å². The first-order chi connectivity index (χ1) is 16.1. The van der Waals surface area contributed by atoms with Crippen LogP contribution in [0.1, 0.15) is 36.0 Å². The lowest BCUT2D eigenvalue weighted by Gasteiger charge is -2.14. The minimum absolute atomic E-state index is 0.0524. The van der Waals surface area contributed by atoms with Crippen LogP contribution < -0.4 is 20.1 Å².